The normalized spacial score (nSPS) is 27.9. The van der Waals surface area contributed by atoms with E-state index in [1.165, 1.54) is 0 Å². The molecule has 3 aliphatic heterocycles. The number of carbonyl (C=O) groups excluding carboxylic acids is 3. The molecule has 3 heterocycles. The molecule has 3 saturated heterocycles. The Morgan fingerprint density at radius 1 is 1.16 bits per heavy atom. The lowest BCUT2D eigenvalue weighted by molar-refractivity contribution is -0.137. The molecule has 8 heteroatoms. The summed E-state index contributed by atoms with van der Waals surface area (Å²) in [5, 5.41) is 5.86. The first-order chi connectivity index (χ1) is 11.6. The number of rotatable bonds is 3. The molecular weight excluding hydrogens is 344 g/mol. The van der Waals surface area contributed by atoms with Gasteiger partial charge in [-0.3, -0.25) is 14.5 Å². The molecular formula is C17H21ClN4O3. The van der Waals surface area contributed by atoms with Crippen LogP contribution in [0.25, 0.3) is 0 Å². The van der Waals surface area contributed by atoms with Crippen LogP contribution >= 0.6 is 12.4 Å². The molecule has 0 aromatic heterocycles. The van der Waals surface area contributed by atoms with E-state index >= 15 is 0 Å². The maximum atomic E-state index is 12.8. The highest BCUT2D eigenvalue weighted by Gasteiger charge is 2.47. The van der Waals surface area contributed by atoms with Crippen molar-refractivity contribution in [1.29, 1.82) is 0 Å². The third-order valence-corrected chi connectivity index (χ3v) is 5.26. The fourth-order valence-corrected chi connectivity index (χ4v) is 4.10. The van der Waals surface area contributed by atoms with Gasteiger partial charge in [0.2, 0.25) is 5.91 Å². The highest BCUT2D eigenvalue weighted by molar-refractivity contribution is 6.04. The molecule has 4 rings (SSSR count). The minimum absolute atomic E-state index is 0. The molecule has 2 N–H and O–H groups in total. The van der Waals surface area contributed by atoms with Gasteiger partial charge >= 0.3 is 6.03 Å². The Kier molecular flexibility index (Phi) is 4.96. The molecule has 0 saturated carbocycles. The van der Waals surface area contributed by atoms with Gasteiger partial charge < -0.3 is 15.5 Å². The van der Waals surface area contributed by atoms with Crippen molar-refractivity contribution in [3.63, 3.8) is 0 Å². The van der Waals surface area contributed by atoms with Gasteiger partial charge in [0, 0.05) is 25.6 Å². The Balaban J connectivity index is 0.00000182. The second-order valence-corrected chi connectivity index (χ2v) is 6.62. The predicted octanol–water partition coefficient (Wildman–Crippen LogP) is 0.379. The summed E-state index contributed by atoms with van der Waals surface area (Å²) in [6.07, 6.45) is 0. The molecule has 4 amide bonds. The van der Waals surface area contributed by atoms with Crippen LogP contribution in [0.15, 0.2) is 30.3 Å². The highest BCUT2D eigenvalue weighted by Crippen LogP contribution is 2.42. The molecule has 3 aliphatic rings. The van der Waals surface area contributed by atoms with Gasteiger partial charge in [0.25, 0.3) is 5.91 Å². The van der Waals surface area contributed by atoms with Crippen molar-refractivity contribution in [2.75, 3.05) is 32.7 Å². The van der Waals surface area contributed by atoms with E-state index in [1.807, 2.05) is 35.2 Å². The molecule has 3 fully saturated rings. The predicted molar refractivity (Wildman–Crippen MR) is 93.1 cm³/mol. The fourth-order valence-electron chi connectivity index (χ4n) is 4.10. The third-order valence-electron chi connectivity index (χ3n) is 5.26. The maximum Gasteiger partial charge on any atom is 0.325 e. The van der Waals surface area contributed by atoms with Crippen LogP contribution in [0.3, 0.4) is 0 Å². The Bertz CT molecular complexity index is 668. The van der Waals surface area contributed by atoms with E-state index in [1.54, 1.807) is 0 Å². The smallest absolute Gasteiger partial charge is 0.325 e. The van der Waals surface area contributed by atoms with Crippen LogP contribution in [0.1, 0.15) is 11.6 Å². The molecule has 7 nitrogen and oxygen atoms in total. The number of fused-ring (bicyclic) bond motifs is 1. The van der Waals surface area contributed by atoms with Crippen LogP contribution < -0.4 is 10.6 Å². The van der Waals surface area contributed by atoms with Crippen molar-refractivity contribution in [2.45, 2.75) is 6.04 Å². The molecule has 1 aromatic carbocycles. The molecule has 0 aliphatic carbocycles. The quantitative estimate of drug-likeness (QED) is 0.760. The van der Waals surface area contributed by atoms with Gasteiger partial charge in [-0.15, -0.1) is 12.4 Å². The number of benzene rings is 1. The number of urea groups is 1. The van der Waals surface area contributed by atoms with Crippen LogP contribution in [0.5, 0.6) is 0 Å². The number of amides is 4. The van der Waals surface area contributed by atoms with Gasteiger partial charge in [-0.05, 0) is 11.5 Å². The molecule has 25 heavy (non-hydrogen) atoms. The summed E-state index contributed by atoms with van der Waals surface area (Å²) >= 11 is 0. The lowest BCUT2D eigenvalue weighted by atomic mass is 9.89. The van der Waals surface area contributed by atoms with Crippen molar-refractivity contribution >= 4 is 30.3 Å². The van der Waals surface area contributed by atoms with E-state index in [0.29, 0.717) is 18.4 Å². The van der Waals surface area contributed by atoms with E-state index in [9.17, 15) is 14.4 Å². The van der Waals surface area contributed by atoms with Gasteiger partial charge in [0.15, 0.2) is 0 Å². The molecule has 0 radical (unpaired) electrons. The van der Waals surface area contributed by atoms with Gasteiger partial charge in [0.05, 0.1) is 12.6 Å². The minimum atomic E-state index is -0.481. The molecule has 0 bridgehead atoms. The average Bonchev–Trinajstić information content (AvgIpc) is 3.25. The number of halogens is 1. The van der Waals surface area contributed by atoms with Crippen molar-refractivity contribution < 1.29 is 14.4 Å². The zero-order valence-corrected chi connectivity index (χ0v) is 14.5. The second kappa shape index (κ2) is 7.01. The number of nitrogens with zero attached hydrogens (tertiary/aromatic N) is 2. The first kappa shape index (κ1) is 17.7. The number of likely N-dealkylation sites (tertiary alicyclic amines) is 1. The van der Waals surface area contributed by atoms with Crippen LogP contribution in [-0.2, 0) is 9.59 Å². The van der Waals surface area contributed by atoms with Crippen molar-refractivity contribution in [3.8, 4) is 0 Å². The molecule has 1 aromatic rings. The summed E-state index contributed by atoms with van der Waals surface area (Å²) in [7, 11) is 0. The molecule has 134 valence electrons. The zero-order chi connectivity index (χ0) is 16.7. The van der Waals surface area contributed by atoms with Gasteiger partial charge in [-0.1, -0.05) is 30.3 Å². The Labute approximate surface area is 152 Å². The van der Waals surface area contributed by atoms with Crippen LogP contribution in [-0.4, -0.2) is 60.4 Å². The van der Waals surface area contributed by atoms with E-state index in [2.05, 4.69) is 10.6 Å². The number of nitrogens with one attached hydrogen (secondary N) is 2. The Morgan fingerprint density at radius 3 is 2.60 bits per heavy atom. The van der Waals surface area contributed by atoms with Gasteiger partial charge in [-0.2, -0.15) is 0 Å². The van der Waals surface area contributed by atoms with Crippen molar-refractivity contribution in [3.05, 3.63) is 35.9 Å². The van der Waals surface area contributed by atoms with Crippen molar-refractivity contribution in [2.24, 2.45) is 11.8 Å². The Morgan fingerprint density at radius 2 is 1.92 bits per heavy atom. The summed E-state index contributed by atoms with van der Waals surface area (Å²) in [6.45, 7) is 2.25. The van der Waals surface area contributed by atoms with Crippen molar-refractivity contribution in [1.82, 2.24) is 20.4 Å². The zero-order valence-electron chi connectivity index (χ0n) is 13.7. The summed E-state index contributed by atoms with van der Waals surface area (Å²) in [4.78, 5) is 39.1. The van der Waals surface area contributed by atoms with E-state index in [4.69, 9.17) is 0 Å². The lowest BCUT2D eigenvalue weighted by Crippen LogP contribution is -2.44. The van der Waals surface area contributed by atoms with Crippen LogP contribution in [0.4, 0.5) is 4.79 Å². The highest BCUT2D eigenvalue weighted by atomic mass is 35.5. The average molecular weight is 365 g/mol. The van der Waals surface area contributed by atoms with E-state index in [0.717, 1.165) is 23.6 Å². The van der Waals surface area contributed by atoms with Crippen LogP contribution in [0.2, 0.25) is 0 Å². The number of imide groups is 1. The number of hydrogen-bond acceptors (Lipinski definition) is 4. The van der Waals surface area contributed by atoms with E-state index < -0.39 is 6.03 Å². The minimum Gasteiger partial charge on any atom is -0.333 e. The third kappa shape index (κ3) is 3.09. The number of hydrogen-bond donors (Lipinski definition) is 2. The number of carbonyl (C=O) groups is 3. The summed E-state index contributed by atoms with van der Waals surface area (Å²) in [6, 6.07) is 9.52. The largest absolute Gasteiger partial charge is 0.333 e. The van der Waals surface area contributed by atoms with Gasteiger partial charge in [-0.25, -0.2) is 4.79 Å². The second-order valence-electron chi connectivity index (χ2n) is 6.62. The molecule has 0 spiro atoms. The molecule has 0 unspecified atom stereocenters. The fraction of sp³-hybridized carbons (Fsp3) is 0.471. The maximum absolute atomic E-state index is 12.8. The first-order valence-electron chi connectivity index (χ1n) is 8.28. The lowest BCUT2D eigenvalue weighted by Gasteiger charge is -2.29. The van der Waals surface area contributed by atoms with Gasteiger partial charge in [0.1, 0.15) is 6.54 Å². The van der Waals surface area contributed by atoms with E-state index in [-0.39, 0.29) is 43.4 Å². The summed E-state index contributed by atoms with van der Waals surface area (Å²) in [5.74, 6) is 0.288. The monoisotopic (exact) mass is 364 g/mol. The topological polar surface area (TPSA) is 81.8 Å². The summed E-state index contributed by atoms with van der Waals surface area (Å²) < 4.78 is 0. The SMILES string of the molecule is Cl.O=C1CNC(=O)N1CC(=O)N1C[C@@H]2CNC[C@@H]2[C@@H]1c1ccccc1. The Hall–Kier alpha value is -2.12. The van der Waals surface area contributed by atoms with Crippen LogP contribution in [0, 0.1) is 11.8 Å². The summed E-state index contributed by atoms with van der Waals surface area (Å²) in [5.41, 5.74) is 1.11. The molecule has 3 atom stereocenters. The standard InChI is InChI=1S/C17H20N4O3.ClH/c22-14-8-19-17(24)21(14)10-15(23)20-9-12-6-18-7-13(12)16(20)11-4-2-1-3-5-11;/h1-5,12-13,16,18H,6-10H2,(H,19,24);1H/t12-,13-,16-;/m0./s1. The first-order valence-corrected chi connectivity index (χ1v) is 8.28.